The van der Waals surface area contributed by atoms with E-state index in [-0.39, 0.29) is 0 Å². The van der Waals surface area contributed by atoms with Crippen LogP contribution in [0.15, 0.2) is 18.2 Å². The van der Waals surface area contributed by atoms with Gasteiger partial charge in [-0.2, -0.15) is 18.4 Å². The normalized spacial score (nSPS) is 13.3. The third-order valence-electron chi connectivity index (χ3n) is 1.70. The molecule has 0 aromatic heterocycles. The van der Waals surface area contributed by atoms with Gasteiger partial charge in [-0.15, -0.1) is 0 Å². The lowest BCUT2D eigenvalue weighted by Gasteiger charge is -2.08. The molecule has 0 bridgehead atoms. The van der Waals surface area contributed by atoms with Gasteiger partial charge < -0.3 is 0 Å². The Morgan fingerprint density at radius 2 is 1.87 bits per heavy atom. The van der Waals surface area contributed by atoms with Crippen LogP contribution in [0, 0.1) is 17.1 Å². The van der Waals surface area contributed by atoms with Crippen LogP contribution in [0.25, 0.3) is 0 Å². The molecule has 0 aliphatic heterocycles. The Morgan fingerprint density at radius 3 is 2.27 bits per heavy atom. The van der Waals surface area contributed by atoms with Gasteiger partial charge in [0.2, 0.25) is 6.17 Å². The van der Waals surface area contributed by atoms with E-state index < -0.39 is 29.3 Å². The lowest BCUT2D eigenvalue weighted by atomic mass is 10.1. The van der Waals surface area contributed by atoms with Gasteiger partial charge in [0, 0.05) is 5.56 Å². The van der Waals surface area contributed by atoms with Crippen molar-refractivity contribution < 1.29 is 22.0 Å². The van der Waals surface area contributed by atoms with Crippen LogP contribution >= 0.6 is 0 Å². The van der Waals surface area contributed by atoms with Crippen LogP contribution in [0.2, 0.25) is 0 Å². The molecule has 0 aliphatic carbocycles. The molecule has 0 fully saturated rings. The minimum absolute atomic E-state index is 0.372. The molecule has 1 atom stereocenters. The number of alkyl halides is 4. The second-order valence-electron chi connectivity index (χ2n) is 2.73. The predicted octanol–water partition coefficient (Wildman–Crippen LogP) is 3.38. The molecule has 1 rings (SSSR count). The van der Waals surface area contributed by atoms with Crippen molar-refractivity contribution in [2.45, 2.75) is 12.3 Å². The van der Waals surface area contributed by atoms with Crippen LogP contribution in [0.4, 0.5) is 22.0 Å². The maximum Gasteiger partial charge on any atom is 0.419 e. The third-order valence-corrected chi connectivity index (χ3v) is 1.70. The van der Waals surface area contributed by atoms with E-state index in [9.17, 15) is 22.0 Å². The van der Waals surface area contributed by atoms with Crippen LogP contribution in [0.3, 0.4) is 0 Å². The zero-order valence-corrected chi connectivity index (χ0v) is 7.15. The molecule has 0 radical (unpaired) electrons. The first-order valence-corrected chi connectivity index (χ1v) is 3.76. The first kappa shape index (κ1) is 11.4. The highest BCUT2D eigenvalue weighted by atomic mass is 19.4. The smallest absolute Gasteiger partial charge is 0.226 e. The molecule has 0 heterocycles. The molecule has 15 heavy (non-hydrogen) atoms. The van der Waals surface area contributed by atoms with E-state index in [0.29, 0.717) is 12.1 Å². The minimum atomic E-state index is -4.82. The van der Waals surface area contributed by atoms with Gasteiger partial charge in [0.1, 0.15) is 11.9 Å². The first-order chi connectivity index (χ1) is 6.86. The number of nitrogens with zero attached hydrogens (tertiary/aromatic N) is 1. The average molecular weight is 221 g/mol. The van der Waals surface area contributed by atoms with Crippen molar-refractivity contribution in [1.29, 1.82) is 5.26 Å². The Balaban J connectivity index is 3.16. The number of hydrogen-bond donors (Lipinski definition) is 0. The lowest BCUT2D eigenvalue weighted by molar-refractivity contribution is -0.140. The summed E-state index contributed by atoms with van der Waals surface area (Å²) >= 11 is 0. The van der Waals surface area contributed by atoms with Crippen molar-refractivity contribution >= 4 is 0 Å². The maximum absolute atomic E-state index is 12.8. The van der Waals surface area contributed by atoms with Crippen molar-refractivity contribution in [3.8, 4) is 6.07 Å². The maximum atomic E-state index is 12.8. The van der Waals surface area contributed by atoms with E-state index in [0.717, 1.165) is 12.1 Å². The van der Waals surface area contributed by atoms with Gasteiger partial charge in [0.15, 0.2) is 0 Å². The van der Waals surface area contributed by atoms with Crippen molar-refractivity contribution in [3.63, 3.8) is 0 Å². The van der Waals surface area contributed by atoms with E-state index in [2.05, 4.69) is 0 Å². The number of benzene rings is 1. The van der Waals surface area contributed by atoms with E-state index in [1.807, 2.05) is 0 Å². The third kappa shape index (κ3) is 2.43. The highest BCUT2D eigenvalue weighted by molar-refractivity contribution is 5.29. The van der Waals surface area contributed by atoms with Gasteiger partial charge in [0.25, 0.3) is 0 Å². The molecule has 0 N–H and O–H groups in total. The zero-order valence-electron chi connectivity index (χ0n) is 7.15. The topological polar surface area (TPSA) is 23.8 Å². The summed E-state index contributed by atoms with van der Waals surface area (Å²) in [6, 6.07) is 2.67. The fourth-order valence-corrected chi connectivity index (χ4v) is 0.993. The van der Waals surface area contributed by atoms with Gasteiger partial charge in [-0.3, -0.25) is 0 Å². The molecule has 1 nitrogen and oxygen atoms in total. The summed E-state index contributed by atoms with van der Waals surface area (Å²) in [4.78, 5) is 0. The fraction of sp³-hybridized carbons (Fsp3) is 0.222. The Labute approximate surface area is 81.7 Å². The summed E-state index contributed by atoms with van der Waals surface area (Å²) in [6.45, 7) is 0. The SMILES string of the molecule is N#CC(F)c1ccc(C(F)(F)F)c(F)c1. The minimum Gasteiger partial charge on any atom is -0.226 e. The molecular formula is C9H4F5N. The lowest BCUT2D eigenvalue weighted by Crippen LogP contribution is -2.08. The fourth-order valence-electron chi connectivity index (χ4n) is 0.993. The predicted molar refractivity (Wildman–Crippen MR) is 40.9 cm³/mol. The van der Waals surface area contributed by atoms with Crippen molar-refractivity contribution in [1.82, 2.24) is 0 Å². The monoisotopic (exact) mass is 221 g/mol. The molecular weight excluding hydrogens is 217 g/mol. The zero-order chi connectivity index (χ0) is 11.6. The Morgan fingerprint density at radius 1 is 1.27 bits per heavy atom. The summed E-state index contributed by atoms with van der Waals surface area (Å²) in [6.07, 6.45) is -6.94. The average Bonchev–Trinajstić information content (AvgIpc) is 2.14. The van der Waals surface area contributed by atoms with E-state index in [1.54, 1.807) is 0 Å². The van der Waals surface area contributed by atoms with Crippen LogP contribution in [0.5, 0.6) is 0 Å². The summed E-state index contributed by atoms with van der Waals surface area (Å²) in [5, 5.41) is 8.14. The summed E-state index contributed by atoms with van der Waals surface area (Å²) in [5.41, 5.74) is -1.90. The molecule has 1 aromatic carbocycles. The van der Waals surface area contributed by atoms with Crippen LogP contribution in [-0.2, 0) is 6.18 Å². The van der Waals surface area contributed by atoms with Crippen LogP contribution in [0.1, 0.15) is 17.3 Å². The number of hydrogen-bond acceptors (Lipinski definition) is 1. The summed E-state index contributed by atoms with van der Waals surface area (Å²) < 4.78 is 61.7. The van der Waals surface area contributed by atoms with Crippen LogP contribution < -0.4 is 0 Å². The molecule has 0 saturated heterocycles. The van der Waals surface area contributed by atoms with Crippen molar-refractivity contribution in [2.75, 3.05) is 0 Å². The molecule has 1 aromatic rings. The molecule has 0 aliphatic rings. The largest absolute Gasteiger partial charge is 0.419 e. The number of rotatable bonds is 1. The van der Waals surface area contributed by atoms with Gasteiger partial charge in [-0.05, 0) is 12.1 Å². The van der Waals surface area contributed by atoms with Crippen molar-refractivity contribution in [3.05, 3.63) is 35.1 Å². The number of halogens is 5. The van der Waals surface area contributed by atoms with Gasteiger partial charge in [-0.1, -0.05) is 6.07 Å². The Hall–Kier alpha value is -1.64. The van der Waals surface area contributed by atoms with Crippen LogP contribution in [-0.4, -0.2) is 0 Å². The molecule has 80 valence electrons. The molecule has 0 saturated carbocycles. The standard InChI is InChI=1S/C9H4F5N/c10-7-3-5(8(11)4-15)1-2-6(7)9(12,13)14/h1-3,8H. The summed E-state index contributed by atoms with van der Waals surface area (Å²) in [7, 11) is 0. The van der Waals surface area contributed by atoms with Gasteiger partial charge in [0.05, 0.1) is 5.56 Å². The van der Waals surface area contributed by atoms with E-state index >= 15 is 0 Å². The highest BCUT2D eigenvalue weighted by Crippen LogP contribution is 2.32. The second kappa shape index (κ2) is 3.85. The Bertz CT molecular complexity index is 404. The van der Waals surface area contributed by atoms with E-state index in [4.69, 9.17) is 5.26 Å². The van der Waals surface area contributed by atoms with Crippen molar-refractivity contribution in [2.24, 2.45) is 0 Å². The molecule has 1 unspecified atom stereocenters. The van der Waals surface area contributed by atoms with Gasteiger partial charge in [-0.25, -0.2) is 8.78 Å². The quantitative estimate of drug-likeness (QED) is 0.667. The molecule has 6 heteroatoms. The molecule has 0 spiro atoms. The Kier molecular flexibility index (Phi) is 2.93. The van der Waals surface area contributed by atoms with E-state index in [1.165, 1.54) is 0 Å². The van der Waals surface area contributed by atoms with Gasteiger partial charge >= 0.3 is 6.18 Å². The summed E-state index contributed by atoms with van der Waals surface area (Å²) in [5.74, 6) is -1.59. The number of nitriles is 1. The molecule has 0 amide bonds. The highest BCUT2D eigenvalue weighted by Gasteiger charge is 2.34. The first-order valence-electron chi connectivity index (χ1n) is 3.76. The second-order valence-corrected chi connectivity index (χ2v) is 2.73.